The van der Waals surface area contributed by atoms with Gasteiger partial charge in [0.15, 0.2) is 0 Å². The Morgan fingerprint density at radius 2 is 2.00 bits per heavy atom. The van der Waals surface area contributed by atoms with Crippen LogP contribution in [-0.4, -0.2) is 43.1 Å². The van der Waals surface area contributed by atoms with Crippen molar-refractivity contribution < 1.29 is 4.79 Å². The number of aryl methyl sites for hydroxylation is 1. The Hall–Kier alpha value is -1.85. The molecule has 0 saturated carbocycles. The fraction of sp³-hybridized carbons (Fsp3) is 0.643. The molecule has 1 heterocycles. The van der Waals surface area contributed by atoms with E-state index in [0.717, 1.165) is 17.5 Å². The van der Waals surface area contributed by atoms with Crippen molar-refractivity contribution in [3.63, 3.8) is 0 Å². The first-order valence-electron chi connectivity index (χ1n) is 6.92. The van der Waals surface area contributed by atoms with Crippen LogP contribution in [0.25, 0.3) is 0 Å². The lowest BCUT2D eigenvalue weighted by molar-refractivity contribution is -0.121. The van der Waals surface area contributed by atoms with Crippen molar-refractivity contribution in [2.45, 2.75) is 27.2 Å². The first kappa shape index (κ1) is 16.2. The van der Waals surface area contributed by atoms with Crippen molar-refractivity contribution in [2.24, 2.45) is 5.92 Å². The molecule has 0 fully saturated rings. The van der Waals surface area contributed by atoms with Gasteiger partial charge in [-0.15, -0.1) is 0 Å². The van der Waals surface area contributed by atoms with Gasteiger partial charge in [-0.3, -0.25) is 4.79 Å². The van der Waals surface area contributed by atoms with E-state index in [1.165, 1.54) is 0 Å². The SMILES string of the molecule is Cc1nc(NCCNC(=O)CC(C)C)cc(N(C)C)n1. The van der Waals surface area contributed by atoms with Crippen LogP contribution in [0, 0.1) is 12.8 Å². The number of anilines is 2. The first-order valence-corrected chi connectivity index (χ1v) is 6.92. The third-order valence-corrected chi connectivity index (χ3v) is 2.63. The lowest BCUT2D eigenvalue weighted by Crippen LogP contribution is -2.29. The molecule has 1 aromatic heterocycles. The van der Waals surface area contributed by atoms with Gasteiger partial charge in [0, 0.05) is 39.7 Å². The summed E-state index contributed by atoms with van der Waals surface area (Å²) >= 11 is 0. The lowest BCUT2D eigenvalue weighted by atomic mass is 10.1. The summed E-state index contributed by atoms with van der Waals surface area (Å²) in [6, 6.07) is 1.89. The zero-order valence-corrected chi connectivity index (χ0v) is 13.0. The van der Waals surface area contributed by atoms with Crippen LogP contribution in [0.5, 0.6) is 0 Å². The average molecular weight is 279 g/mol. The van der Waals surface area contributed by atoms with Gasteiger partial charge >= 0.3 is 0 Å². The maximum Gasteiger partial charge on any atom is 0.220 e. The smallest absolute Gasteiger partial charge is 0.220 e. The lowest BCUT2D eigenvalue weighted by Gasteiger charge is -2.14. The highest BCUT2D eigenvalue weighted by Crippen LogP contribution is 2.12. The maximum absolute atomic E-state index is 11.5. The summed E-state index contributed by atoms with van der Waals surface area (Å²) in [4.78, 5) is 22.1. The Morgan fingerprint density at radius 3 is 2.60 bits per heavy atom. The number of carbonyl (C=O) groups is 1. The van der Waals surface area contributed by atoms with Crippen LogP contribution in [0.1, 0.15) is 26.1 Å². The topological polar surface area (TPSA) is 70.2 Å². The van der Waals surface area contributed by atoms with Crippen LogP contribution in [0.3, 0.4) is 0 Å². The van der Waals surface area contributed by atoms with E-state index in [-0.39, 0.29) is 5.91 Å². The molecule has 6 heteroatoms. The monoisotopic (exact) mass is 279 g/mol. The molecule has 20 heavy (non-hydrogen) atoms. The zero-order valence-electron chi connectivity index (χ0n) is 13.0. The molecule has 2 N–H and O–H groups in total. The van der Waals surface area contributed by atoms with Crippen molar-refractivity contribution in [1.82, 2.24) is 15.3 Å². The number of hydrogen-bond acceptors (Lipinski definition) is 5. The number of amides is 1. The second-order valence-corrected chi connectivity index (χ2v) is 5.43. The summed E-state index contributed by atoms with van der Waals surface area (Å²) in [6.07, 6.45) is 0.567. The fourth-order valence-corrected chi connectivity index (χ4v) is 1.71. The van der Waals surface area contributed by atoms with Gasteiger partial charge < -0.3 is 15.5 Å². The standard InChI is InChI=1S/C14H25N5O/c1-10(2)8-14(20)16-7-6-15-12-9-13(19(4)5)18-11(3)17-12/h9-10H,6-8H2,1-5H3,(H,16,20)(H,15,17,18). The highest BCUT2D eigenvalue weighted by Gasteiger charge is 2.05. The Morgan fingerprint density at radius 1 is 1.30 bits per heavy atom. The van der Waals surface area contributed by atoms with Crippen LogP contribution in [0.2, 0.25) is 0 Å². The predicted molar refractivity (Wildman–Crippen MR) is 82.1 cm³/mol. The van der Waals surface area contributed by atoms with E-state index in [0.29, 0.717) is 25.4 Å². The Kier molecular flexibility index (Phi) is 6.21. The van der Waals surface area contributed by atoms with Gasteiger partial charge in [0.05, 0.1) is 0 Å². The minimum absolute atomic E-state index is 0.0923. The molecule has 0 unspecified atom stereocenters. The maximum atomic E-state index is 11.5. The molecule has 0 atom stereocenters. The van der Waals surface area contributed by atoms with Crippen molar-refractivity contribution in [2.75, 3.05) is 37.4 Å². The van der Waals surface area contributed by atoms with Gasteiger partial charge in [-0.05, 0) is 12.8 Å². The van der Waals surface area contributed by atoms with Crippen LogP contribution < -0.4 is 15.5 Å². The molecule has 1 aromatic rings. The van der Waals surface area contributed by atoms with Crippen molar-refractivity contribution in [3.05, 3.63) is 11.9 Å². The van der Waals surface area contributed by atoms with E-state index in [1.54, 1.807) is 0 Å². The van der Waals surface area contributed by atoms with E-state index in [4.69, 9.17) is 0 Å². The molecule has 0 bridgehead atoms. The van der Waals surface area contributed by atoms with Crippen molar-refractivity contribution in [1.29, 1.82) is 0 Å². The van der Waals surface area contributed by atoms with Gasteiger partial charge in [0.2, 0.25) is 5.91 Å². The minimum atomic E-state index is 0.0923. The third kappa shape index (κ3) is 5.86. The van der Waals surface area contributed by atoms with Gasteiger partial charge in [-0.1, -0.05) is 13.8 Å². The molecule has 0 saturated heterocycles. The molecule has 0 aliphatic heterocycles. The molecule has 0 radical (unpaired) electrons. The quantitative estimate of drug-likeness (QED) is 0.739. The molecule has 0 spiro atoms. The third-order valence-electron chi connectivity index (χ3n) is 2.63. The first-order chi connectivity index (χ1) is 9.38. The predicted octanol–water partition coefficient (Wildman–Crippen LogP) is 1.43. The normalized spacial score (nSPS) is 10.5. The highest BCUT2D eigenvalue weighted by molar-refractivity contribution is 5.76. The van der Waals surface area contributed by atoms with Crippen molar-refractivity contribution in [3.8, 4) is 0 Å². The number of hydrogen-bond donors (Lipinski definition) is 2. The number of carbonyl (C=O) groups excluding carboxylic acids is 1. The summed E-state index contributed by atoms with van der Waals surface area (Å²) in [5.41, 5.74) is 0. The summed E-state index contributed by atoms with van der Waals surface area (Å²) < 4.78 is 0. The largest absolute Gasteiger partial charge is 0.368 e. The van der Waals surface area contributed by atoms with Gasteiger partial charge in [0.25, 0.3) is 0 Å². The zero-order chi connectivity index (χ0) is 15.1. The van der Waals surface area contributed by atoms with Gasteiger partial charge in [0.1, 0.15) is 17.5 Å². The number of nitrogens with one attached hydrogen (secondary N) is 2. The molecular formula is C14H25N5O. The second kappa shape index (κ2) is 7.67. The number of rotatable bonds is 7. The van der Waals surface area contributed by atoms with Gasteiger partial charge in [-0.2, -0.15) is 0 Å². The van der Waals surface area contributed by atoms with Crippen molar-refractivity contribution >= 4 is 17.5 Å². The highest BCUT2D eigenvalue weighted by atomic mass is 16.1. The summed E-state index contributed by atoms with van der Waals surface area (Å²) in [5, 5.41) is 6.08. The van der Waals surface area contributed by atoms with E-state index >= 15 is 0 Å². The average Bonchev–Trinajstić information content (AvgIpc) is 2.33. The minimum Gasteiger partial charge on any atom is -0.368 e. The molecule has 1 rings (SSSR count). The molecule has 112 valence electrons. The Balaban J connectivity index is 2.40. The van der Waals surface area contributed by atoms with Crippen LogP contribution in [0.4, 0.5) is 11.6 Å². The van der Waals surface area contributed by atoms with E-state index in [1.807, 2.05) is 45.8 Å². The molecule has 1 amide bonds. The van der Waals surface area contributed by atoms with Crippen LogP contribution in [-0.2, 0) is 4.79 Å². The summed E-state index contributed by atoms with van der Waals surface area (Å²) in [5.74, 6) is 2.84. The number of aromatic nitrogens is 2. The van der Waals surface area contributed by atoms with E-state index in [9.17, 15) is 4.79 Å². The van der Waals surface area contributed by atoms with Crippen LogP contribution in [0.15, 0.2) is 6.07 Å². The molecule has 6 nitrogen and oxygen atoms in total. The fourth-order valence-electron chi connectivity index (χ4n) is 1.71. The summed E-state index contributed by atoms with van der Waals surface area (Å²) in [6.45, 7) is 7.16. The molecule has 0 aliphatic rings. The van der Waals surface area contributed by atoms with Crippen LogP contribution >= 0.6 is 0 Å². The van der Waals surface area contributed by atoms with E-state index < -0.39 is 0 Å². The molecule has 0 aromatic carbocycles. The Labute approximate surface area is 121 Å². The Bertz CT molecular complexity index is 445. The summed E-state index contributed by atoms with van der Waals surface area (Å²) in [7, 11) is 3.88. The van der Waals surface area contributed by atoms with E-state index in [2.05, 4.69) is 20.6 Å². The molecular weight excluding hydrogens is 254 g/mol. The number of nitrogens with zero attached hydrogens (tertiary/aromatic N) is 3. The molecule has 0 aliphatic carbocycles. The second-order valence-electron chi connectivity index (χ2n) is 5.43. The van der Waals surface area contributed by atoms with Gasteiger partial charge in [-0.25, -0.2) is 9.97 Å².